The van der Waals surface area contributed by atoms with Crippen LogP contribution >= 0.6 is 0 Å². The fourth-order valence-electron chi connectivity index (χ4n) is 3.33. The first-order chi connectivity index (χ1) is 14.3. The van der Waals surface area contributed by atoms with Crippen LogP contribution < -0.4 is 15.4 Å². The topological polar surface area (TPSA) is 76.4 Å². The SMILES string of the molecule is CCNC(=NCc1ccnc(-n2ccnc2)c1)NCCc1ccc2c(c1)CCO2. The number of ether oxygens (including phenoxy) is 1. The summed E-state index contributed by atoms with van der Waals surface area (Å²) in [7, 11) is 0. The molecule has 29 heavy (non-hydrogen) atoms. The van der Waals surface area contributed by atoms with Crippen molar-refractivity contribution in [2.24, 2.45) is 4.99 Å². The Morgan fingerprint density at radius 1 is 1.17 bits per heavy atom. The van der Waals surface area contributed by atoms with E-state index in [2.05, 4.69) is 45.7 Å². The smallest absolute Gasteiger partial charge is 0.191 e. The first-order valence-corrected chi connectivity index (χ1v) is 10.0. The molecule has 0 amide bonds. The number of benzene rings is 1. The molecule has 0 saturated carbocycles. The Morgan fingerprint density at radius 3 is 3.00 bits per heavy atom. The molecular formula is C22H26N6O. The minimum atomic E-state index is 0.579. The van der Waals surface area contributed by atoms with Crippen molar-refractivity contribution in [2.75, 3.05) is 19.7 Å². The van der Waals surface area contributed by atoms with Gasteiger partial charge in [0, 0.05) is 38.1 Å². The van der Waals surface area contributed by atoms with Crippen molar-refractivity contribution in [3.05, 3.63) is 71.9 Å². The molecule has 3 heterocycles. The predicted molar refractivity (Wildman–Crippen MR) is 114 cm³/mol. The molecule has 1 aliphatic heterocycles. The van der Waals surface area contributed by atoms with Crippen molar-refractivity contribution >= 4 is 5.96 Å². The average molecular weight is 390 g/mol. The Hall–Kier alpha value is -3.35. The van der Waals surface area contributed by atoms with E-state index < -0.39 is 0 Å². The second-order valence-corrected chi connectivity index (χ2v) is 6.90. The fraction of sp³-hybridized carbons (Fsp3) is 0.318. The number of imidazole rings is 1. The molecule has 0 radical (unpaired) electrons. The molecule has 0 saturated heterocycles. The van der Waals surface area contributed by atoms with Gasteiger partial charge in [0.15, 0.2) is 5.96 Å². The molecule has 0 bridgehead atoms. The van der Waals surface area contributed by atoms with Crippen molar-refractivity contribution in [1.82, 2.24) is 25.2 Å². The third kappa shape index (κ3) is 4.93. The van der Waals surface area contributed by atoms with Crippen LogP contribution in [0.1, 0.15) is 23.6 Å². The van der Waals surface area contributed by atoms with Crippen LogP contribution in [-0.4, -0.2) is 40.2 Å². The second-order valence-electron chi connectivity index (χ2n) is 6.90. The number of guanidine groups is 1. The number of aliphatic imine (C=N–C) groups is 1. The molecule has 0 spiro atoms. The van der Waals surface area contributed by atoms with E-state index in [1.54, 1.807) is 18.7 Å². The molecule has 3 aromatic rings. The molecule has 7 heteroatoms. The van der Waals surface area contributed by atoms with Crippen molar-refractivity contribution < 1.29 is 4.74 Å². The zero-order chi connectivity index (χ0) is 19.9. The summed E-state index contributed by atoms with van der Waals surface area (Å²) in [5.74, 6) is 2.69. The predicted octanol–water partition coefficient (Wildman–Crippen LogP) is 2.50. The van der Waals surface area contributed by atoms with Gasteiger partial charge in [0.05, 0.1) is 13.2 Å². The molecule has 2 N–H and O–H groups in total. The number of pyridine rings is 1. The van der Waals surface area contributed by atoms with Crippen LogP contribution in [0.5, 0.6) is 5.75 Å². The summed E-state index contributed by atoms with van der Waals surface area (Å²) in [4.78, 5) is 13.2. The van der Waals surface area contributed by atoms with Crippen LogP contribution in [0.2, 0.25) is 0 Å². The maximum Gasteiger partial charge on any atom is 0.191 e. The third-order valence-electron chi connectivity index (χ3n) is 4.80. The van der Waals surface area contributed by atoms with Crippen LogP contribution in [-0.2, 0) is 19.4 Å². The summed E-state index contributed by atoms with van der Waals surface area (Å²) in [6.45, 7) is 5.09. The van der Waals surface area contributed by atoms with Gasteiger partial charge in [-0.25, -0.2) is 15.0 Å². The zero-order valence-corrected chi connectivity index (χ0v) is 16.6. The molecule has 1 aliphatic rings. The average Bonchev–Trinajstić information content (AvgIpc) is 3.44. The van der Waals surface area contributed by atoms with E-state index >= 15 is 0 Å². The Kier molecular flexibility index (Phi) is 6.04. The van der Waals surface area contributed by atoms with Crippen LogP contribution in [0, 0.1) is 0 Å². The number of rotatable bonds is 7. The first kappa shape index (κ1) is 19.0. The second kappa shape index (κ2) is 9.23. The number of fused-ring (bicyclic) bond motifs is 1. The normalized spacial score (nSPS) is 13.1. The van der Waals surface area contributed by atoms with Crippen LogP contribution in [0.15, 0.2) is 60.2 Å². The maximum absolute atomic E-state index is 5.58. The highest BCUT2D eigenvalue weighted by atomic mass is 16.5. The van der Waals surface area contributed by atoms with Gasteiger partial charge in [0.1, 0.15) is 17.9 Å². The Balaban J connectivity index is 1.35. The Morgan fingerprint density at radius 2 is 2.14 bits per heavy atom. The van der Waals surface area contributed by atoms with Gasteiger partial charge in [-0.3, -0.25) is 4.57 Å². The van der Waals surface area contributed by atoms with E-state index in [1.165, 1.54) is 11.1 Å². The number of nitrogens with one attached hydrogen (secondary N) is 2. The van der Waals surface area contributed by atoms with E-state index in [4.69, 9.17) is 9.73 Å². The lowest BCUT2D eigenvalue weighted by molar-refractivity contribution is 0.357. The van der Waals surface area contributed by atoms with E-state index in [0.29, 0.717) is 6.54 Å². The third-order valence-corrected chi connectivity index (χ3v) is 4.80. The molecule has 0 aliphatic carbocycles. The van der Waals surface area contributed by atoms with Gasteiger partial charge in [0.2, 0.25) is 0 Å². The highest BCUT2D eigenvalue weighted by Crippen LogP contribution is 2.25. The monoisotopic (exact) mass is 390 g/mol. The van der Waals surface area contributed by atoms with Crippen LogP contribution in [0.4, 0.5) is 0 Å². The highest BCUT2D eigenvalue weighted by Gasteiger charge is 2.11. The summed E-state index contributed by atoms with van der Waals surface area (Å²) >= 11 is 0. The van der Waals surface area contributed by atoms with E-state index in [9.17, 15) is 0 Å². The molecule has 1 aromatic carbocycles. The van der Waals surface area contributed by atoms with Crippen molar-refractivity contribution in [3.8, 4) is 11.6 Å². The first-order valence-electron chi connectivity index (χ1n) is 10.0. The van der Waals surface area contributed by atoms with Crippen molar-refractivity contribution in [3.63, 3.8) is 0 Å². The maximum atomic E-state index is 5.58. The van der Waals surface area contributed by atoms with Gasteiger partial charge in [-0.2, -0.15) is 0 Å². The molecule has 0 atom stereocenters. The lowest BCUT2D eigenvalue weighted by atomic mass is 10.1. The Labute approximate surface area is 170 Å². The molecule has 150 valence electrons. The molecule has 2 aromatic heterocycles. The zero-order valence-electron chi connectivity index (χ0n) is 16.6. The van der Waals surface area contributed by atoms with Gasteiger partial charge in [-0.05, 0) is 48.2 Å². The molecule has 0 fully saturated rings. The van der Waals surface area contributed by atoms with Gasteiger partial charge in [0.25, 0.3) is 0 Å². The molecular weight excluding hydrogens is 364 g/mol. The number of aromatic nitrogens is 3. The van der Waals surface area contributed by atoms with Crippen LogP contribution in [0.3, 0.4) is 0 Å². The van der Waals surface area contributed by atoms with E-state index in [-0.39, 0.29) is 0 Å². The lowest BCUT2D eigenvalue weighted by Crippen LogP contribution is -2.38. The standard InChI is InChI=1S/C22H26N6O/c1-2-24-22(26-9-5-17-3-4-20-19(13-17)7-12-29-20)27-15-18-6-8-25-21(14-18)28-11-10-23-16-28/h3-4,6,8,10-11,13-14,16H,2,5,7,9,12,15H2,1H3,(H2,24,26,27). The minimum Gasteiger partial charge on any atom is -0.493 e. The minimum absolute atomic E-state index is 0.579. The van der Waals surface area contributed by atoms with Gasteiger partial charge in [-0.15, -0.1) is 0 Å². The summed E-state index contributed by atoms with van der Waals surface area (Å²) < 4.78 is 7.47. The largest absolute Gasteiger partial charge is 0.493 e. The van der Waals surface area contributed by atoms with Crippen LogP contribution in [0.25, 0.3) is 5.82 Å². The number of hydrogen-bond acceptors (Lipinski definition) is 4. The summed E-state index contributed by atoms with van der Waals surface area (Å²) in [6, 6.07) is 10.5. The van der Waals surface area contributed by atoms with Gasteiger partial charge >= 0.3 is 0 Å². The van der Waals surface area contributed by atoms with Gasteiger partial charge in [-0.1, -0.05) is 12.1 Å². The summed E-state index contributed by atoms with van der Waals surface area (Å²) in [5.41, 5.74) is 3.73. The van der Waals surface area contributed by atoms with E-state index in [1.807, 2.05) is 22.9 Å². The molecule has 7 nitrogen and oxygen atoms in total. The fourth-order valence-corrected chi connectivity index (χ4v) is 3.33. The quantitative estimate of drug-likeness (QED) is 0.479. The molecule has 0 unspecified atom stereocenters. The Bertz CT molecular complexity index is 967. The van der Waals surface area contributed by atoms with Crippen molar-refractivity contribution in [2.45, 2.75) is 26.3 Å². The number of hydrogen-bond donors (Lipinski definition) is 2. The number of nitrogens with zero attached hydrogens (tertiary/aromatic N) is 4. The van der Waals surface area contributed by atoms with Gasteiger partial charge < -0.3 is 15.4 Å². The summed E-state index contributed by atoms with van der Waals surface area (Å²) in [5, 5.41) is 6.74. The summed E-state index contributed by atoms with van der Waals surface area (Å²) in [6.07, 6.45) is 9.12. The molecule has 4 rings (SSSR count). The van der Waals surface area contributed by atoms with Crippen molar-refractivity contribution in [1.29, 1.82) is 0 Å². The highest BCUT2D eigenvalue weighted by molar-refractivity contribution is 5.79. The van der Waals surface area contributed by atoms with E-state index in [0.717, 1.165) is 55.6 Å². The lowest BCUT2D eigenvalue weighted by Gasteiger charge is -2.12.